The van der Waals surface area contributed by atoms with E-state index in [1.54, 1.807) is 32.2 Å². The molecule has 2 saturated carbocycles. The Balaban J connectivity index is 1.58. The molecule has 0 saturated heterocycles. The number of ether oxygens (including phenoxy) is 1. The number of benzene rings is 2. The zero-order valence-electron chi connectivity index (χ0n) is 22.6. The highest BCUT2D eigenvalue weighted by atomic mass is 16.5. The Morgan fingerprint density at radius 3 is 2.52 bits per heavy atom. The smallest absolute Gasteiger partial charge is 0.230 e. The summed E-state index contributed by atoms with van der Waals surface area (Å²) in [4.78, 5) is 41.1. The number of likely N-dealkylation sites (N-methyl/N-ethyl adjacent to an activating group) is 1. The van der Waals surface area contributed by atoms with Crippen LogP contribution in [0.3, 0.4) is 0 Å². The molecule has 10 nitrogen and oxygen atoms in total. The molecule has 0 bridgehead atoms. The molecule has 2 unspecified atom stereocenters. The van der Waals surface area contributed by atoms with Gasteiger partial charge in [0.1, 0.15) is 23.2 Å². The summed E-state index contributed by atoms with van der Waals surface area (Å²) in [5.41, 5.74) is 5.32. The predicted octanol–water partition coefficient (Wildman–Crippen LogP) is 0.923. The number of hydrogen-bond acceptors (Lipinski definition) is 9. The number of fused-ring (bicyclic) bond motifs is 3. The molecule has 212 valence electrons. The van der Waals surface area contributed by atoms with E-state index in [4.69, 9.17) is 10.5 Å². The lowest BCUT2D eigenvalue weighted by Gasteiger charge is -2.53. The van der Waals surface area contributed by atoms with Gasteiger partial charge in [-0.1, -0.05) is 18.2 Å². The Hall–Kier alpha value is -3.73. The van der Waals surface area contributed by atoms with Gasteiger partial charge in [-0.2, -0.15) is 0 Å². The van der Waals surface area contributed by atoms with E-state index in [1.807, 2.05) is 24.3 Å². The van der Waals surface area contributed by atoms with Gasteiger partial charge in [0.05, 0.1) is 18.8 Å². The monoisotopic (exact) mass is 550 g/mol. The lowest BCUT2D eigenvalue weighted by molar-refractivity contribution is -0.184. The molecule has 0 aromatic heterocycles. The zero-order chi connectivity index (χ0) is 29.1. The summed E-state index contributed by atoms with van der Waals surface area (Å²) < 4.78 is 5.31. The highest BCUT2D eigenvalue weighted by molar-refractivity contribution is 6.25. The van der Waals surface area contributed by atoms with Crippen molar-refractivity contribution in [3.63, 3.8) is 0 Å². The van der Waals surface area contributed by atoms with Crippen molar-refractivity contribution in [3.8, 4) is 11.5 Å². The number of nitrogens with two attached hydrogens (primary N) is 1. The van der Waals surface area contributed by atoms with E-state index in [0.29, 0.717) is 18.4 Å². The molecule has 0 aliphatic heterocycles. The number of amides is 1. The van der Waals surface area contributed by atoms with Gasteiger partial charge in [0.25, 0.3) is 0 Å². The molecule has 5 rings (SSSR count). The number of aryl methyl sites for hydroxylation is 2. The number of Topliss-reactive ketones (excluding diaryl/α,β-unsaturated/α-hetero) is 2. The second kappa shape index (κ2) is 10.0. The summed E-state index contributed by atoms with van der Waals surface area (Å²) in [6.07, 6.45) is 0.0947. The third kappa shape index (κ3) is 4.09. The topological polar surface area (TPSA) is 171 Å². The van der Waals surface area contributed by atoms with Crippen molar-refractivity contribution in [3.05, 3.63) is 64.2 Å². The van der Waals surface area contributed by atoms with Gasteiger partial charge in [-0.15, -0.1) is 0 Å². The van der Waals surface area contributed by atoms with Crippen molar-refractivity contribution < 1.29 is 39.5 Å². The number of aliphatic hydroxyl groups excluding tert-OH is 2. The summed E-state index contributed by atoms with van der Waals surface area (Å²) in [7, 11) is 4.85. The Kier molecular flexibility index (Phi) is 6.98. The van der Waals surface area contributed by atoms with Gasteiger partial charge in [-0.25, -0.2) is 0 Å². The van der Waals surface area contributed by atoms with Gasteiger partial charge in [-0.3, -0.25) is 14.4 Å². The Bertz CT molecular complexity index is 1430. The van der Waals surface area contributed by atoms with Crippen molar-refractivity contribution in [2.24, 2.45) is 23.5 Å². The van der Waals surface area contributed by atoms with Gasteiger partial charge < -0.3 is 35.8 Å². The fraction of sp³-hybridized carbons (Fsp3) is 0.433. The van der Waals surface area contributed by atoms with Crippen molar-refractivity contribution in [1.29, 1.82) is 0 Å². The van der Waals surface area contributed by atoms with Crippen LogP contribution in [0.15, 0.2) is 42.0 Å². The van der Waals surface area contributed by atoms with Gasteiger partial charge in [0.2, 0.25) is 11.7 Å². The minimum Gasteiger partial charge on any atom is -0.507 e. The lowest BCUT2D eigenvalue weighted by atomic mass is 9.54. The molecular formula is C30H34N2O8. The standard InChI is InChI=1S/C30H34N2O8/c1-32(2)24-19-13-16-12-18-15(8-7-14-5-4-6-17(11-14)40-3)9-10-20(33)22(18)25(34)21(16)27(36)30(19,39)28(37)23(26(24)35)29(31)38/h4-6,9-11,16,19,23-24,26,33-35,39H,7-8,12-13H2,1-3H3,(H2,31,38)/t16-,19-,23?,24-,26?,30-/m0/s1. The first-order chi connectivity index (χ1) is 18.9. The number of carbonyl (C=O) groups is 3. The van der Waals surface area contributed by atoms with Crippen LogP contribution in [0, 0.1) is 17.8 Å². The number of methoxy groups -OCH3 is 1. The molecule has 1 amide bonds. The highest BCUT2D eigenvalue weighted by Gasteiger charge is 2.67. The summed E-state index contributed by atoms with van der Waals surface area (Å²) in [5.74, 6) is -6.72. The van der Waals surface area contributed by atoms with Crippen molar-refractivity contribution in [2.45, 2.75) is 43.4 Å². The summed E-state index contributed by atoms with van der Waals surface area (Å²) >= 11 is 0. The molecule has 6 N–H and O–H groups in total. The fourth-order valence-corrected chi connectivity index (χ4v) is 7.01. The maximum Gasteiger partial charge on any atom is 0.230 e. The minimum absolute atomic E-state index is 0.0865. The van der Waals surface area contributed by atoms with Crippen LogP contribution in [0.1, 0.15) is 28.7 Å². The normalized spacial score (nSPS) is 29.6. The molecule has 2 aromatic carbocycles. The van der Waals surface area contributed by atoms with Crippen LogP contribution < -0.4 is 10.5 Å². The first kappa shape index (κ1) is 27.8. The fourth-order valence-electron chi connectivity index (χ4n) is 7.01. The van der Waals surface area contributed by atoms with E-state index < -0.39 is 58.7 Å². The van der Waals surface area contributed by atoms with Crippen LogP contribution in [0.2, 0.25) is 0 Å². The van der Waals surface area contributed by atoms with Crippen LogP contribution in [0.4, 0.5) is 0 Å². The molecule has 10 heteroatoms. The quantitative estimate of drug-likeness (QED) is 0.328. The number of aromatic hydroxyl groups is 1. The Morgan fingerprint density at radius 2 is 1.88 bits per heavy atom. The highest BCUT2D eigenvalue weighted by Crippen LogP contribution is 2.52. The second-order valence-electron chi connectivity index (χ2n) is 11.2. The molecule has 2 fully saturated rings. The molecule has 3 aliphatic rings. The van der Waals surface area contributed by atoms with E-state index in [0.717, 1.165) is 16.9 Å². The number of phenols is 1. The number of carbonyl (C=O) groups excluding carboxylic acids is 3. The lowest BCUT2D eigenvalue weighted by Crippen LogP contribution is -2.73. The number of phenolic OH excluding ortho intramolecular Hbond substituents is 1. The SMILES string of the molecule is COc1cccc(CCc2ccc(O)c3c2C[C@H]2C[C@H]4[C@H](N(C)C)C(O)C(C(N)=O)C(=O)[C@@]4(O)C(=O)C2=C3O)c1. The summed E-state index contributed by atoms with van der Waals surface area (Å²) in [5, 5.41) is 44.8. The maximum atomic E-state index is 13.9. The van der Waals surface area contributed by atoms with Crippen LogP contribution in [-0.4, -0.2) is 81.8 Å². The average Bonchev–Trinajstić information content (AvgIpc) is 2.90. The van der Waals surface area contributed by atoms with Crippen LogP contribution >= 0.6 is 0 Å². The molecule has 6 atom stereocenters. The molecule has 0 spiro atoms. The van der Waals surface area contributed by atoms with Gasteiger partial charge in [0, 0.05) is 17.5 Å². The Morgan fingerprint density at radius 1 is 1.15 bits per heavy atom. The molecule has 0 heterocycles. The summed E-state index contributed by atoms with van der Waals surface area (Å²) in [6.45, 7) is 0. The van der Waals surface area contributed by atoms with E-state index in [-0.39, 0.29) is 29.7 Å². The first-order valence-corrected chi connectivity index (χ1v) is 13.3. The number of aliphatic hydroxyl groups is 3. The number of ketones is 2. The van der Waals surface area contributed by atoms with E-state index in [9.17, 15) is 34.8 Å². The molecule has 2 aromatic rings. The second-order valence-corrected chi connectivity index (χ2v) is 11.2. The van der Waals surface area contributed by atoms with Crippen LogP contribution in [0.25, 0.3) is 5.76 Å². The van der Waals surface area contributed by atoms with Crippen molar-refractivity contribution >= 4 is 23.2 Å². The third-order valence-corrected chi connectivity index (χ3v) is 8.89. The molecule has 3 aliphatic carbocycles. The number of rotatable bonds is 6. The molecule has 0 radical (unpaired) electrons. The average molecular weight is 551 g/mol. The van der Waals surface area contributed by atoms with Crippen molar-refractivity contribution in [2.75, 3.05) is 21.2 Å². The predicted molar refractivity (Wildman–Crippen MR) is 144 cm³/mol. The number of hydrogen-bond donors (Lipinski definition) is 5. The first-order valence-electron chi connectivity index (χ1n) is 13.3. The maximum absolute atomic E-state index is 13.9. The third-order valence-electron chi connectivity index (χ3n) is 8.89. The van der Waals surface area contributed by atoms with Crippen LogP contribution in [-0.2, 0) is 33.6 Å². The van der Waals surface area contributed by atoms with E-state index in [2.05, 4.69) is 0 Å². The van der Waals surface area contributed by atoms with Gasteiger partial charge in [0.15, 0.2) is 11.4 Å². The van der Waals surface area contributed by atoms with E-state index >= 15 is 0 Å². The Labute approximate surface area is 231 Å². The van der Waals surface area contributed by atoms with Crippen molar-refractivity contribution in [1.82, 2.24) is 4.90 Å². The minimum atomic E-state index is -2.66. The molecular weight excluding hydrogens is 516 g/mol. The summed E-state index contributed by atoms with van der Waals surface area (Å²) in [6, 6.07) is 10.0. The number of primary amides is 1. The molecule has 40 heavy (non-hydrogen) atoms. The van der Waals surface area contributed by atoms with Gasteiger partial charge >= 0.3 is 0 Å². The largest absolute Gasteiger partial charge is 0.507 e. The number of nitrogens with zero attached hydrogens (tertiary/aromatic N) is 1. The van der Waals surface area contributed by atoms with Gasteiger partial charge in [-0.05, 0) is 80.6 Å². The van der Waals surface area contributed by atoms with E-state index in [1.165, 1.54) is 6.07 Å². The zero-order valence-corrected chi connectivity index (χ0v) is 22.6. The van der Waals surface area contributed by atoms with Crippen LogP contribution in [0.5, 0.6) is 11.5 Å².